The summed E-state index contributed by atoms with van der Waals surface area (Å²) in [5, 5.41) is 3.64. The van der Waals surface area contributed by atoms with Crippen molar-refractivity contribution in [1.29, 1.82) is 0 Å². The van der Waals surface area contributed by atoms with Gasteiger partial charge in [-0.3, -0.25) is 14.6 Å². The van der Waals surface area contributed by atoms with Gasteiger partial charge in [0.05, 0.1) is 5.69 Å². The summed E-state index contributed by atoms with van der Waals surface area (Å²) >= 11 is 0. The minimum atomic E-state index is -0.602. The molecule has 1 fully saturated rings. The Kier molecular flexibility index (Phi) is 3.93. The minimum absolute atomic E-state index is 0.148. The topological polar surface area (TPSA) is 78.1 Å². The average molecular weight is 334 g/mol. The maximum absolute atomic E-state index is 12.7. The molecule has 1 saturated carbocycles. The number of nitrogens with one attached hydrogen (secondary N) is 2. The van der Waals surface area contributed by atoms with E-state index in [-0.39, 0.29) is 6.04 Å². The molecule has 0 aliphatic heterocycles. The first-order valence-electron chi connectivity index (χ1n) is 8.29. The van der Waals surface area contributed by atoms with Gasteiger partial charge in [-0.15, -0.1) is 0 Å². The first kappa shape index (κ1) is 15.4. The largest absolute Gasteiger partial charge is 0.361 e. The smallest absolute Gasteiger partial charge is 0.313 e. The Bertz CT molecular complexity index is 915. The minimum Gasteiger partial charge on any atom is -0.361 e. The number of H-pyrrole nitrogens is 1. The van der Waals surface area contributed by atoms with E-state index in [0.29, 0.717) is 12.2 Å². The third-order valence-electron chi connectivity index (χ3n) is 4.39. The maximum atomic E-state index is 12.7. The first-order valence-corrected chi connectivity index (χ1v) is 8.29. The Morgan fingerprint density at radius 3 is 2.72 bits per heavy atom. The van der Waals surface area contributed by atoms with Gasteiger partial charge >= 0.3 is 11.8 Å². The Morgan fingerprint density at radius 2 is 1.96 bits per heavy atom. The normalized spacial score (nSPS) is 13.6. The summed E-state index contributed by atoms with van der Waals surface area (Å²) in [5.41, 5.74) is 2.52. The van der Waals surface area contributed by atoms with E-state index in [1.54, 1.807) is 23.4 Å². The Labute approximate surface area is 144 Å². The second-order valence-electron chi connectivity index (χ2n) is 6.22. The number of carbonyl (C=O) groups excluding carboxylic acids is 2. The van der Waals surface area contributed by atoms with Crippen LogP contribution in [-0.4, -0.2) is 32.7 Å². The van der Waals surface area contributed by atoms with Crippen LogP contribution < -0.4 is 5.32 Å². The summed E-state index contributed by atoms with van der Waals surface area (Å²) in [4.78, 5) is 34.0. The van der Waals surface area contributed by atoms with Crippen LogP contribution in [0.25, 0.3) is 10.9 Å². The molecule has 0 bridgehead atoms. The van der Waals surface area contributed by atoms with E-state index in [9.17, 15) is 9.59 Å². The molecule has 2 heterocycles. The molecule has 1 aliphatic carbocycles. The van der Waals surface area contributed by atoms with Crippen LogP contribution in [0.2, 0.25) is 0 Å². The predicted octanol–water partition coefficient (Wildman–Crippen LogP) is 2.69. The molecule has 6 nitrogen and oxygen atoms in total. The van der Waals surface area contributed by atoms with Gasteiger partial charge in [0, 0.05) is 42.1 Å². The Balaban J connectivity index is 1.52. The maximum Gasteiger partial charge on any atom is 0.313 e. The van der Waals surface area contributed by atoms with Gasteiger partial charge in [0.25, 0.3) is 0 Å². The average Bonchev–Trinajstić information content (AvgIpc) is 3.36. The van der Waals surface area contributed by atoms with E-state index in [0.717, 1.165) is 29.3 Å². The lowest BCUT2D eigenvalue weighted by atomic mass is 10.2. The van der Waals surface area contributed by atoms with Gasteiger partial charge < -0.3 is 15.2 Å². The van der Waals surface area contributed by atoms with Crippen LogP contribution in [0.5, 0.6) is 0 Å². The zero-order chi connectivity index (χ0) is 17.2. The van der Waals surface area contributed by atoms with Crippen molar-refractivity contribution in [3.05, 3.63) is 60.6 Å². The molecule has 0 radical (unpaired) electrons. The second kappa shape index (κ2) is 6.39. The van der Waals surface area contributed by atoms with Crippen molar-refractivity contribution >= 4 is 28.4 Å². The summed E-state index contributed by atoms with van der Waals surface area (Å²) < 4.78 is 0. The molecule has 0 unspecified atom stereocenters. The van der Waals surface area contributed by atoms with E-state index in [1.807, 2.05) is 36.5 Å². The van der Waals surface area contributed by atoms with Crippen molar-refractivity contribution in [3.8, 4) is 0 Å². The zero-order valence-corrected chi connectivity index (χ0v) is 13.6. The standard InChI is InChI=1S/C19H18N4O2/c24-18(22-17-3-1-2-16-15(17)8-11-21-16)19(25)23(14-4-5-14)12-13-6-9-20-10-7-13/h1-3,6-11,14,21H,4-5,12H2,(H,22,24). The van der Waals surface area contributed by atoms with Gasteiger partial charge in [0.1, 0.15) is 0 Å². The monoisotopic (exact) mass is 334 g/mol. The van der Waals surface area contributed by atoms with Crippen molar-refractivity contribution in [2.45, 2.75) is 25.4 Å². The van der Waals surface area contributed by atoms with Gasteiger partial charge in [-0.25, -0.2) is 0 Å². The van der Waals surface area contributed by atoms with Crippen molar-refractivity contribution in [2.24, 2.45) is 0 Å². The second-order valence-corrected chi connectivity index (χ2v) is 6.22. The fraction of sp³-hybridized carbons (Fsp3) is 0.211. The number of rotatable bonds is 4. The highest BCUT2D eigenvalue weighted by molar-refractivity contribution is 6.40. The van der Waals surface area contributed by atoms with E-state index < -0.39 is 11.8 Å². The van der Waals surface area contributed by atoms with Crippen molar-refractivity contribution in [3.63, 3.8) is 0 Å². The summed E-state index contributed by atoms with van der Waals surface area (Å²) in [7, 11) is 0. The summed E-state index contributed by atoms with van der Waals surface area (Å²) in [6.07, 6.45) is 7.08. The Morgan fingerprint density at radius 1 is 1.16 bits per heavy atom. The number of benzene rings is 1. The first-order chi connectivity index (χ1) is 12.2. The van der Waals surface area contributed by atoms with Crippen molar-refractivity contribution in [1.82, 2.24) is 14.9 Å². The number of nitrogens with zero attached hydrogens (tertiary/aromatic N) is 2. The zero-order valence-electron chi connectivity index (χ0n) is 13.6. The lowest BCUT2D eigenvalue weighted by Gasteiger charge is -2.22. The van der Waals surface area contributed by atoms with Crippen LogP contribution >= 0.6 is 0 Å². The molecule has 0 saturated heterocycles. The van der Waals surface area contributed by atoms with Gasteiger partial charge in [0.15, 0.2) is 0 Å². The van der Waals surface area contributed by atoms with Crippen LogP contribution in [-0.2, 0) is 16.1 Å². The van der Waals surface area contributed by atoms with Gasteiger partial charge in [-0.05, 0) is 48.7 Å². The van der Waals surface area contributed by atoms with E-state index in [2.05, 4.69) is 15.3 Å². The molecule has 126 valence electrons. The van der Waals surface area contributed by atoms with E-state index in [4.69, 9.17) is 0 Å². The van der Waals surface area contributed by atoms with Crippen molar-refractivity contribution in [2.75, 3.05) is 5.32 Å². The molecule has 0 spiro atoms. The van der Waals surface area contributed by atoms with Gasteiger partial charge in [-0.1, -0.05) is 6.07 Å². The van der Waals surface area contributed by atoms with E-state index >= 15 is 0 Å². The number of hydrogen-bond acceptors (Lipinski definition) is 3. The van der Waals surface area contributed by atoms with E-state index in [1.165, 1.54) is 0 Å². The van der Waals surface area contributed by atoms with Crippen LogP contribution in [0.3, 0.4) is 0 Å². The number of pyridine rings is 1. The molecular weight excluding hydrogens is 316 g/mol. The number of anilines is 1. The molecule has 25 heavy (non-hydrogen) atoms. The van der Waals surface area contributed by atoms with Crippen LogP contribution in [0, 0.1) is 0 Å². The molecule has 2 aromatic heterocycles. The third-order valence-corrected chi connectivity index (χ3v) is 4.39. The number of hydrogen-bond donors (Lipinski definition) is 2. The molecule has 1 aliphatic rings. The lowest BCUT2D eigenvalue weighted by molar-refractivity contribution is -0.144. The molecule has 4 rings (SSSR count). The summed E-state index contributed by atoms with van der Waals surface area (Å²) in [6, 6.07) is 11.3. The number of carbonyl (C=O) groups is 2. The van der Waals surface area contributed by atoms with Crippen molar-refractivity contribution < 1.29 is 9.59 Å². The number of fused-ring (bicyclic) bond motifs is 1. The van der Waals surface area contributed by atoms with Crippen LogP contribution in [0.15, 0.2) is 55.0 Å². The molecule has 2 N–H and O–H groups in total. The molecule has 6 heteroatoms. The van der Waals surface area contributed by atoms with Gasteiger partial charge in [-0.2, -0.15) is 0 Å². The quantitative estimate of drug-likeness (QED) is 0.720. The third kappa shape index (κ3) is 3.24. The molecule has 2 amide bonds. The highest BCUT2D eigenvalue weighted by Crippen LogP contribution is 2.29. The number of aromatic amines is 1. The summed E-state index contributed by atoms with van der Waals surface area (Å²) in [6.45, 7) is 0.424. The molecule has 1 aromatic carbocycles. The molecular formula is C19H18N4O2. The number of amides is 2. The molecule has 0 atom stereocenters. The fourth-order valence-corrected chi connectivity index (χ4v) is 2.94. The predicted molar refractivity (Wildman–Crippen MR) is 94.7 cm³/mol. The SMILES string of the molecule is O=C(Nc1cccc2[nH]ccc12)C(=O)N(Cc1ccncc1)C1CC1. The summed E-state index contributed by atoms with van der Waals surface area (Å²) in [5.74, 6) is -1.10. The molecule has 3 aromatic rings. The highest BCUT2D eigenvalue weighted by atomic mass is 16.2. The lowest BCUT2D eigenvalue weighted by Crippen LogP contribution is -2.40. The van der Waals surface area contributed by atoms with Gasteiger partial charge in [0.2, 0.25) is 0 Å². The fourth-order valence-electron chi connectivity index (χ4n) is 2.94. The van der Waals surface area contributed by atoms with Crippen LogP contribution in [0.1, 0.15) is 18.4 Å². The number of aromatic nitrogens is 2. The Hall–Kier alpha value is -3.15. The van der Waals surface area contributed by atoms with Crippen LogP contribution in [0.4, 0.5) is 5.69 Å². The highest BCUT2D eigenvalue weighted by Gasteiger charge is 2.35.